The molecule has 0 radical (unpaired) electrons. The molecule has 0 saturated carbocycles. The SMILES string of the molecule is COc1c(C)cc(C(=O)Nc2ncccn2)c(C)c1C. The molecule has 104 valence electrons. The lowest BCUT2D eigenvalue weighted by atomic mass is 9.98. The molecule has 2 rings (SSSR count). The third kappa shape index (κ3) is 2.61. The van der Waals surface area contributed by atoms with E-state index < -0.39 is 0 Å². The first-order valence-electron chi connectivity index (χ1n) is 6.27. The molecule has 2 aromatic rings. The Hall–Kier alpha value is -2.43. The molecular weight excluding hydrogens is 254 g/mol. The third-order valence-corrected chi connectivity index (χ3v) is 3.27. The fourth-order valence-electron chi connectivity index (χ4n) is 2.14. The van der Waals surface area contributed by atoms with Crippen molar-refractivity contribution >= 4 is 11.9 Å². The first kappa shape index (κ1) is 14.0. The van der Waals surface area contributed by atoms with Crippen LogP contribution in [-0.2, 0) is 0 Å². The summed E-state index contributed by atoms with van der Waals surface area (Å²) in [5.41, 5.74) is 3.38. The van der Waals surface area contributed by atoms with Crippen LogP contribution >= 0.6 is 0 Å². The molecule has 0 aliphatic carbocycles. The Kier molecular flexibility index (Phi) is 3.98. The Bertz CT molecular complexity index is 639. The number of aromatic nitrogens is 2. The molecule has 0 bridgehead atoms. The van der Waals surface area contributed by atoms with E-state index in [2.05, 4.69) is 15.3 Å². The summed E-state index contributed by atoms with van der Waals surface area (Å²) in [6.07, 6.45) is 3.17. The van der Waals surface area contributed by atoms with Crippen molar-refractivity contribution in [1.29, 1.82) is 0 Å². The molecular formula is C15H17N3O2. The highest BCUT2D eigenvalue weighted by Gasteiger charge is 2.16. The van der Waals surface area contributed by atoms with Crippen LogP contribution in [0.4, 0.5) is 5.95 Å². The molecule has 1 amide bonds. The van der Waals surface area contributed by atoms with E-state index in [1.54, 1.807) is 25.6 Å². The number of hydrogen-bond acceptors (Lipinski definition) is 4. The first-order chi connectivity index (χ1) is 9.54. The van der Waals surface area contributed by atoms with Crippen molar-refractivity contribution in [3.05, 3.63) is 46.8 Å². The van der Waals surface area contributed by atoms with Gasteiger partial charge in [0.15, 0.2) is 0 Å². The molecule has 0 aliphatic heterocycles. The van der Waals surface area contributed by atoms with Gasteiger partial charge in [-0.05, 0) is 49.6 Å². The number of methoxy groups -OCH3 is 1. The van der Waals surface area contributed by atoms with E-state index >= 15 is 0 Å². The number of hydrogen-bond donors (Lipinski definition) is 1. The summed E-state index contributed by atoms with van der Waals surface area (Å²) >= 11 is 0. The molecule has 0 aliphatic rings. The molecule has 1 aromatic carbocycles. The number of nitrogens with zero attached hydrogens (tertiary/aromatic N) is 2. The zero-order valence-corrected chi connectivity index (χ0v) is 12.0. The second kappa shape index (κ2) is 5.69. The predicted molar refractivity (Wildman–Crippen MR) is 77.2 cm³/mol. The molecule has 0 unspecified atom stereocenters. The average Bonchev–Trinajstić information content (AvgIpc) is 2.44. The topological polar surface area (TPSA) is 64.1 Å². The van der Waals surface area contributed by atoms with Gasteiger partial charge in [0.1, 0.15) is 5.75 Å². The van der Waals surface area contributed by atoms with Crippen LogP contribution in [0.2, 0.25) is 0 Å². The number of nitrogens with one attached hydrogen (secondary N) is 1. The highest BCUT2D eigenvalue weighted by Crippen LogP contribution is 2.28. The van der Waals surface area contributed by atoms with Gasteiger partial charge in [-0.2, -0.15) is 0 Å². The van der Waals surface area contributed by atoms with Gasteiger partial charge in [-0.3, -0.25) is 10.1 Å². The highest BCUT2D eigenvalue weighted by atomic mass is 16.5. The molecule has 0 fully saturated rings. The fourth-order valence-corrected chi connectivity index (χ4v) is 2.14. The van der Waals surface area contributed by atoms with Crippen LogP contribution in [0.3, 0.4) is 0 Å². The van der Waals surface area contributed by atoms with Crippen molar-refractivity contribution in [3.63, 3.8) is 0 Å². The van der Waals surface area contributed by atoms with Crippen molar-refractivity contribution in [1.82, 2.24) is 9.97 Å². The third-order valence-electron chi connectivity index (χ3n) is 3.27. The van der Waals surface area contributed by atoms with Crippen LogP contribution in [0.5, 0.6) is 5.75 Å². The minimum atomic E-state index is -0.220. The van der Waals surface area contributed by atoms with E-state index in [9.17, 15) is 4.79 Å². The van der Waals surface area contributed by atoms with Gasteiger partial charge in [0.2, 0.25) is 5.95 Å². The molecule has 1 aromatic heterocycles. The molecule has 0 saturated heterocycles. The Morgan fingerprint density at radius 1 is 1.15 bits per heavy atom. The number of carbonyl (C=O) groups is 1. The standard InChI is InChI=1S/C15H17N3O2/c1-9-8-12(10(2)11(3)13(9)20-4)14(19)18-15-16-6-5-7-17-15/h5-8H,1-4H3,(H,16,17,18,19). The summed E-state index contributed by atoms with van der Waals surface area (Å²) < 4.78 is 5.35. The van der Waals surface area contributed by atoms with E-state index in [1.807, 2.05) is 26.8 Å². The lowest BCUT2D eigenvalue weighted by Gasteiger charge is -2.15. The zero-order valence-electron chi connectivity index (χ0n) is 12.0. The lowest BCUT2D eigenvalue weighted by molar-refractivity contribution is 0.102. The van der Waals surface area contributed by atoms with E-state index in [4.69, 9.17) is 4.74 Å². The smallest absolute Gasteiger partial charge is 0.258 e. The summed E-state index contributed by atoms with van der Waals surface area (Å²) in [6.45, 7) is 5.76. The molecule has 0 spiro atoms. The maximum absolute atomic E-state index is 12.3. The molecule has 0 atom stereocenters. The zero-order chi connectivity index (χ0) is 14.7. The van der Waals surface area contributed by atoms with Gasteiger partial charge in [-0.25, -0.2) is 9.97 Å². The number of ether oxygens (including phenoxy) is 1. The van der Waals surface area contributed by atoms with Crippen LogP contribution in [0, 0.1) is 20.8 Å². The number of aryl methyl sites for hydroxylation is 1. The summed E-state index contributed by atoms with van der Waals surface area (Å²) in [7, 11) is 1.63. The monoisotopic (exact) mass is 271 g/mol. The largest absolute Gasteiger partial charge is 0.496 e. The van der Waals surface area contributed by atoms with Crippen molar-refractivity contribution in [3.8, 4) is 5.75 Å². The van der Waals surface area contributed by atoms with Crippen LogP contribution < -0.4 is 10.1 Å². The summed E-state index contributed by atoms with van der Waals surface area (Å²) in [6, 6.07) is 3.52. The Morgan fingerprint density at radius 3 is 2.40 bits per heavy atom. The minimum absolute atomic E-state index is 0.220. The van der Waals surface area contributed by atoms with Crippen molar-refractivity contribution in [2.45, 2.75) is 20.8 Å². The maximum Gasteiger partial charge on any atom is 0.258 e. The van der Waals surface area contributed by atoms with E-state index in [1.165, 1.54) is 0 Å². The Morgan fingerprint density at radius 2 is 1.80 bits per heavy atom. The van der Waals surface area contributed by atoms with Crippen molar-refractivity contribution in [2.75, 3.05) is 12.4 Å². The van der Waals surface area contributed by atoms with Gasteiger partial charge in [-0.15, -0.1) is 0 Å². The number of anilines is 1. The number of benzene rings is 1. The molecule has 1 N–H and O–H groups in total. The first-order valence-corrected chi connectivity index (χ1v) is 6.27. The molecule has 20 heavy (non-hydrogen) atoms. The fraction of sp³-hybridized carbons (Fsp3) is 0.267. The minimum Gasteiger partial charge on any atom is -0.496 e. The van der Waals surface area contributed by atoms with Crippen LogP contribution in [-0.4, -0.2) is 23.0 Å². The van der Waals surface area contributed by atoms with E-state index in [0.29, 0.717) is 11.5 Å². The molecule has 5 heteroatoms. The van der Waals surface area contributed by atoms with Gasteiger partial charge in [-0.1, -0.05) is 0 Å². The second-order valence-corrected chi connectivity index (χ2v) is 4.55. The van der Waals surface area contributed by atoms with Crippen LogP contribution in [0.25, 0.3) is 0 Å². The Labute approximate surface area is 118 Å². The summed E-state index contributed by atoms with van der Waals surface area (Å²) in [5, 5.41) is 2.69. The average molecular weight is 271 g/mol. The van der Waals surface area contributed by atoms with Crippen molar-refractivity contribution < 1.29 is 9.53 Å². The number of carbonyl (C=O) groups excluding carboxylic acids is 1. The normalized spacial score (nSPS) is 10.2. The summed E-state index contributed by atoms with van der Waals surface area (Å²) in [4.78, 5) is 20.3. The molecule has 1 heterocycles. The second-order valence-electron chi connectivity index (χ2n) is 4.55. The lowest BCUT2D eigenvalue weighted by Crippen LogP contribution is -2.16. The molecule has 5 nitrogen and oxygen atoms in total. The van der Waals surface area contributed by atoms with E-state index in [0.717, 1.165) is 22.4 Å². The van der Waals surface area contributed by atoms with Gasteiger partial charge in [0.25, 0.3) is 5.91 Å². The van der Waals surface area contributed by atoms with Gasteiger partial charge in [0, 0.05) is 18.0 Å². The number of amides is 1. The van der Waals surface area contributed by atoms with Crippen molar-refractivity contribution in [2.24, 2.45) is 0 Å². The van der Waals surface area contributed by atoms with Gasteiger partial charge >= 0.3 is 0 Å². The Balaban J connectivity index is 2.36. The predicted octanol–water partition coefficient (Wildman–Crippen LogP) is 2.66. The van der Waals surface area contributed by atoms with Crippen LogP contribution in [0.1, 0.15) is 27.0 Å². The highest BCUT2D eigenvalue weighted by molar-refractivity contribution is 6.04. The maximum atomic E-state index is 12.3. The quantitative estimate of drug-likeness (QED) is 0.932. The van der Waals surface area contributed by atoms with E-state index in [-0.39, 0.29) is 5.91 Å². The number of rotatable bonds is 3. The van der Waals surface area contributed by atoms with Gasteiger partial charge in [0.05, 0.1) is 7.11 Å². The summed E-state index contributed by atoms with van der Waals surface area (Å²) in [5.74, 6) is 0.889. The van der Waals surface area contributed by atoms with Gasteiger partial charge < -0.3 is 4.74 Å². The van der Waals surface area contributed by atoms with Crippen LogP contribution in [0.15, 0.2) is 24.5 Å².